The zero-order chi connectivity index (χ0) is 16.7. The molecule has 7 heteroatoms. The lowest BCUT2D eigenvalue weighted by molar-refractivity contribution is -0.191. The monoisotopic (exact) mass is 316 g/mol. The third-order valence-electron chi connectivity index (χ3n) is 3.96. The summed E-state index contributed by atoms with van der Waals surface area (Å²) >= 11 is 0. The van der Waals surface area contributed by atoms with E-state index < -0.39 is 17.6 Å². The minimum absolute atomic E-state index is 0.00572. The molecule has 0 saturated carbocycles. The molecule has 0 aromatic heterocycles. The fourth-order valence-electron chi connectivity index (χ4n) is 2.87. The normalized spacial score (nSPS) is 17.1. The minimum atomic E-state index is -4.88. The second-order valence-corrected chi connectivity index (χ2v) is 5.74. The molecule has 1 aliphatic rings. The lowest BCUT2D eigenvalue weighted by Gasteiger charge is -2.44. The molecule has 1 aliphatic heterocycles. The Bertz CT molecular complexity index is 597. The van der Waals surface area contributed by atoms with Crippen molar-refractivity contribution in [3.63, 3.8) is 0 Å². The quantitative estimate of drug-likeness (QED) is 0.854. The average Bonchev–Trinajstić information content (AvgIpc) is 2.39. The zero-order valence-corrected chi connectivity index (χ0v) is 12.8. The Kier molecular flexibility index (Phi) is 4.02. The third-order valence-corrected chi connectivity index (χ3v) is 3.96. The van der Waals surface area contributed by atoms with Gasteiger partial charge in [-0.2, -0.15) is 13.2 Å². The Labute approximate surface area is 127 Å². The number of carbonyl (C=O) groups is 1. The summed E-state index contributed by atoms with van der Waals surface area (Å²) < 4.78 is 43.8. The van der Waals surface area contributed by atoms with Crippen LogP contribution in [0.1, 0.15) is 31.9 Å². The van der Waals surface area contributed by atoms with Crippen LogP contribution < -0.4 is 10.5 Å². The predicted molar refractivity (Wildman–Crippen MR) is 76.5 cm³/mol. The predicted octanol–water partition coefficient (Wildman–Crippen LogP) is 2.85. The third kappa shape index (κ3) is 2.71. The van der Waals surface area contributed by atoms with E-state index in [0.29, 0.717) is 30.0 Å². The number of anilines is 1. The van der Waals surface area contributed by atoms with E-state index in [-0.39, 0.29) is 6.54 Å². The maximum absolute atomic E-state index is 12.8. The molecule has 2 N–H and O–H groups in total. The Hall–Kier alpha value is -1.92. The standard InChI is InChI=1S/C15H19F3N2O2/c1-4-22-12-8-10-9(7-11(12)19)5-6-20(14(10,2)3)13(21)15(16,17)18/h7-8H,4-6,19H2,1-3H3. The Morgan fingerprint density at radius 3 is 2.59 bits per heavy atom. The highest BCUT2D eigenvalue weighted by atomic mass is 19.4. The molecule has 0 radical (unpaired) electrons. The van der Waals surface area contributed by atoms with Gasteiger partial charge in [0.15, 0.2) is 0 Å². The van der Waals surface area contributed by atoms with Gasteiger partial charge in [-0.1, -0.05) is 0 Å². The maximum atomic E-state index is 12.8. The van der Waals surface area contributed by atoms with Gasteiger partial charge in [0.25, 0.3) is 0 Å². The van der Waals surface area contributed by atoms with E-state index in [4.69, 9.17) is 10.5 Å². The average molecular weight is 316 g/mol. The van der Waals surface area contributed by atoms with Crippen molar-refractivity contribution in [1.29, 1.82) is 0 Å². The maximum Gasteiger partial charge on any atom is 0.471 e. The number of ether oxygens (including phenoxy) is 1. The van der Waals surface area contributed by atoms with Gasteiger partial charge in [0.05, 0.1) is 17.8 Å². The summed E-state index contributed by atoms with van der Waals surface area (Å²) in [6, 6.07) is 3.36. The van der Waals surface area contributed by atoms with Crippen molar-refractivity contribution in [2.75, 3.05) is 18.9 Å². The number of rotatable bonds is 2. The first-order chi connectivity index (χ1) is 10.1. The number of hydrogen-bond donors (Lipinski definition) is 1. The lowest BCUT2D eigenvalue weighted by Crippen LogP contribution is -2.54. The van der Waals surface area contributed by atoms with Crippen molar-refractivity contribution in [3.05, 3.63) is 23.3 Å². The van der Waals surface area contributed by atoms with Gasteiger partial charge in [-0.05, 0) is 50.5 Å². The van der Waals surface area contributed by atoms with Crippen LogP contribution in [0.15, 0.2) is 12.1 Å². The molecule has 0 fully saturated rings. The first-order valence-electron chi connectivity index (χ1n) is 7.03. The van der Waals surface area contributed by atoms with Gasteiger partial charge < -0.3 is 15.4 Å². The molecule has 0 unspecified atom stereocenters. The van der Waals surface area contributed by atoms with Gasteiger partial charge in [0.2, 0.25) is 0 Å². The van der Waals surface area contributed by atoms with E-state index in [1.165, 1.54) is 0 Å². The number of carbonyl (C=O) groups excluding carboxylic acids is 1. The summed E-state index contributed by atoms with van der Waals surface area (Å²) in [7, 11) is 0. The van der Waals surface area contributed by atoms with Gasteiger partial charge in [-0.3, -0.25) is 4.79 Å². The van der Waals surface area contributed by atoms with Crippen molar-refractivity contribution in [3.8, 4) is 5.75 Å². The van der Waals surface area contributed by atoms with Crippen LogP contribution in [0.2, 0.25) is 0 Å². The smallest absolute Gasteiger partial charge is 0.471 e. The fraction of sp³-hybridized carbons (Fsp3) is 0.533. The SMILES string of the molecule is CCOc1cc2c(cc1N)CCN(C(=O)C(F)(F)F)C2(C)C. The van der Waals surface area contributed by atoms with Crippen LogP contribution in [0.5, 0.6) is 5.75 Å². The number of nitrogens with zero attached hydrogens (tertiary/aromatic N) is 1. The summed E-state index contributed by atoms with van der Waals surface area (Å²) in [5.41, 5.74) is 6.74. The first-order valence-corrected chi connectivity index (χ1v) is 7.03. The van der Waals surface area contributed by atoms with Gasteiger partial charge in [0, 0.05) is 6.54 Å². The first kappa shape index (κ1) is 16.5. The number of alkyl halides is 3. The van der Waals surface area contributed by atoms with Gasteiger partial charge in [-0.15, -0.1) is 0 Å². The van der Waals surface area contributed by atoms with Crippen LogP contribution >= 0.6 is 0 Å². The lowest BCUT2D eigenvalue weighted by atomic mass is 9.82. The van der Waals surface area contributed by atoms with Crippen LogP contribution in [-0.2, 0) is 16.8 Å². The highest BCUT2D eigenvalue weighted by Gasteiger charge is 2.49. The van der Waals surface area contributed by atoms with Crippen molar-refractivity contribution in [2.45, 2.75) is 38.9 Å². The topological polar surface area (TPSA) is 55.6 Å². The van der Waals surface area contributed by atoms with Crippen LogP contribution in [0, 0.1) is 0 Å². The molecule has 1 amide bonds. The Morgan fingerprint density at radius 2 is 2.05 bits per heavy atom. The van der Waals surface area contributed by atoms with E-state index in [1.54, 1.807) is 32.9 Å². The molecule has 0 bridgehead atoms. The molecule has 0 saturated heterocycles. The summed E-state index contributed by atoms with van der Waals surface area (Å²) in [6.07, 6.45) is -4.55. The second kappa shape index (κ2) is 5.37. The van der Waals surface area contributed by atoms with E-state index >= 15 is 0 Å². The zero-order valence-electron chi connectivity index (χ0n) is 12.8. The van der Waals surface area contributed by atoms with Crippen molar-refractivity contribution in [2.24, 2.45) is 0 Å². The number of halogens is 3. The van der Waals surface area contributed by atoms with E-state index in [9.17, 15) is 18.0 Å². The molecular formula is C15H19F3N2O2. The van der Waals surface area contributed by atoms with E-state index in [0.717, 1.165) is 10.5 Å². The van der Waals surface area contributed by atoms with E-state index in [1.807, 2.05) is 0 Å². The van der Waals surface area contributed by atoms with Crippen LogP contribution in [-0.4, -0.2) is 30.1 Å². The van der Waals surface area contributed by atoms with E-state index in [2.05, 4.69) is 0 Å². The number of nitrogen functional groups attached to an aromatic ring is 1. The molecule has 122 valence electrons. The number of hydrogen-bond acceptors (Lipinski definition) is 3. The number of benzene rings is 1. The highest BCUT2D eigenvalue weighted by molar-refractivity contribution is 5.83. The summed E-state index contributed by atoms with van der Waals surface area (Å²) in [5.74, 6) is -1.39. The number of nitrogens with two attached hydrogens (primary N) is 1. The molecule has 0 atom stereocenters. The Balaban J connectivity index is 2.48. The molecule has 1 aromatic rings. The molecule has 1 aromatic carbocycles. The molecule has 0 spiro atoms. The largest absolute Gasteiger partial charge is 0.492 e. The van der Waals surface area contributed by atoms with Crippen molar-refractivity contribution in [1.82, 2.24) is 4.90 Å². The van der Waals surface area contributed by atoms with Gasteiger partial charge >= 0.3 is 12.1 Å². The summed E-state index contributed by atoms with van der Waals surface area (Å²) in [4.78, 5) is 12.5. The number of amides is 1. The van der Waals surface area contributed by atoms with Crippen LogP contribution in [0.3, 0.4) is 0 Å². The molecule has 1 heterocycles. The molecule has 4 nitrogen and oxygen atoms in total. The Morgan fingerprint density at radius 1 is 1.41 bits per heavy atom. The number of fused-ring (bicyclic) bond motifs is 1. The van der Waals surface area contributed by atoms with Crippen molar-refractivity contribution >= 4 is 11.6 Å². The summed E-state index contributed by atoms with van der Waals surface area (Å²) in [6.45, 7) is 5.39. The molecule has 0 aliphatic carbocycles. The van der Waals surface area contributed by atoms with Crippen LogP contribution in [0.4, 0.5) is 18.9 Å². The highest BCUT2D eigenvalue weighted by Crippen LogP contribution is 2.41. The summed E-state index contributed by atoms with van der Waals surface area (Å²) in [5, 5.41) is 0. The van der Waals surface area contributed by atoms with Gasteiger partial charge in [0.1, 0.15) is 5.75 Å². The molecule has 2 rings (SSSR count). The second-order valence-electron chi connectivity index (χ2n) is 5.74. The van der Waals surface area contributed by atoms with Crippen LogP contribution in [0.25, 0.3) is 0 Å². The fourth-order valence-corrected chi connectivity index (χ4v) is 2.87. The van der Waals surface area contributed by atoms with Gasteiger partial charge in [-0.25, -0.2) is 0 Å². The van der Waals surface area contributed by atoms with Crippen molar-refractivity contribution < 1.29 is 22.7 Å². The molecular weight excluding hydrogens is 297 g/mol. The minimum Gasteiger partial charge on any atom is -0.492 e. The molecule has 22 heavy (non-hydrogen) atoms.